The second-order valence-corrected chi connectivity index (χ2v) is 4.39. The molecule has 2 heterocycles. The first-order valence-corrected chi connectivity index (χ1v) is 5.89. The maximum absolute atomic E-state index is 5.52. The van der Waals surface area contributed by atoms with Crippen LogP contribution in [0, 0.1) is 6.92 Å². The van der Waals surface area contributed by atoms with Gasteiger partial charge < -0.3 is 13.7 Å². The molecular weight excluding hydrogens is 226 g/mol. The number of hydrogen-bond donors (Lipinski definition) is 0. The second kappa shape index (κ2) is 3.95. The van der Waals surface area contributed by atoms with E-state index in [1.165, 1.54) is 16.5 Å². The summed E-state index contributed by atoms with van der Waals surface area (Å²) in [5, 5.41) is 1.20. The summed E-state index contributed by atoms with van der Waals surface area (Å²) in [6.07, 6.45) is 1.70. The van der Waals surface area contributed by atoms with E-state index < -0.39 is 0 Å². The Labute approximate surface area is 106 Å². The lowest BCUT2D eigenvalue weighted by Crippen LogP contribution is -1.90. The SMILES string of the molecule is COc1ccc2c(c1)c(C)c(-c1ccco1)n2C. The topological polar surface area (TPSA) is 27.3 Å². The highest BCUT2D eigenvalue weighted by Crippen LogP contribution is 2.34. The van der Waals surface area contributed by atoms with E-state index in [9.17, 15) is 0 Å². The van der Waals surface area contributed by atoms with Crippen molar-refractivity contribution in [1.82, 2.24) is 4.57 Å². The van der Waals surface area contributed by atoms with E-state index in [0.29, 0.717) is 0 Å². The first-order valence-electron chi connectivity index (χ1n) is 5.89. The van der Waals surface area contributed by atoms with Gasteiger partial charge in [0.2, 0.25) is 0 Å². The molecule has 3 aromatic rings. The number of aryl methyl sites for hydroxylation is 2. The third-order valence-electron chi connectivity index (χ3n) is 3.41. The third kappa shape index (κ3) is 1.44. The van der Waals surface area contributed by atoms with E-state index in [-0.39, 0.29) is 0 Å². The lowest BCUT2D eigenvalue weighted by Gasteiger charge is -2.02. The normalized spacial score (nSPS) is 11.1. The Morgan fingerprint density at radius 3 is 2.72 bits per heavy atom. The van der Waals surface area contributed by atoms with Crippen LogP contribution in [0.1, 0.15) is 5.56 Å². The summed E-state index contributed by atoms with van der Waals surface area (Å²) in [6, 6.07) is 10.0. The molecule has 0 fully saturated rings. The maximum Gasteiger partial charge on any atom is 0.150 e. The molecular formula is C15H15NO2. The van der Waals surface area contributed by atoms with Gasteiger partial charge in [-0.15, -0.1) is 0 Å². The summed E-state index contributed by atoms with van der Waals surface area (Å²) in [5.74, 6) is 1.77. The number of fused-ring (bicyclic) bond motifs is 1. The number of hydrogen-bond acceptors (Lipinski definition) is 2. The molecule has 18 heavy (non-hydrogen) atoms. The quantitative estimate of drug-likeness (QED) is 0.683. The molecule has 0 N–H and O–H groups in total. The van der Waals surface area contributed by atoms with Gasteiger partial charge in [0.05, 0.1) is 19.1 Å². The number of methoxy groups -OCH3 is 1. The fourth-order valence-electron chi connectivity index (χ4n) is 2.50. The average Bonchev–Trinajstić information content (AvgIpc) is 2.98. The molecule has 3 heteroatoms. The summed E-state index contributed by atoms with van der Waals surface area (Å²) in [5.41, 5.74) is 3.50. The molecule has 0 aliphatic carbocycles. The standard InChI is InChI=1S/C15H15NO2/c1-10-12-9-11(17-3)6-7-13(12)16(2)15(10)14-5-4-8-18-14/h4-9H,1-3H3. The number of aromatic nitrogens is 1. The van der Waals surface area contributed by atoms with Gasteiger partial charge in [-0.05, 0) is 42.8 Å². The van der Waals surface area contributed by atoms with Crippen LogP contribution < -0.4 is 4.74 Å². The molecule has 0 aliphatic heterocycles. The first-order chi connectivity index (χ1) is 8.72. The fraction of sp³-hybridized carbons (Fsp3) is 0.200. The van der Waals surface area contributed by atoms with Crippen LogP contribution in [0.5, 0.6) is 5.75 Å². The van der Waals surface area contributed by atoms with Gasteiger partial charge in [0.1, 0.15) is 5.75 Å². The van der Waals surface area contributed by atoms with Crippen molar-refractivity contribution in [3.05, 3.63) is 42.2 Å². The molecule has 0 aliphatic rings. The monoisotopic (exact) mass is 241 g/mol. The van der Waals surface area contributed by atoms with Crippen molar-refractivity contribution < 1.29 is 9.15 Å². The van der Waals surface area contributed by atoms with Crippen LogP contribution in [0.4, 0.5) is 0 Å². The Morgan fingerprint density at radius 1 is 1.22 bits per heavy atom. The largest absolute Gasteiger partial charge is 0.497 e. The minimum absolute atomic E-state index is 0.877. The van der Waals surface area contributed by atoms with Crippen molar-refractivity contribution in [2.24, 2.45) is 7.05 Å². The molecule has 92 valence electrons. The van der Waals surface area contributed by atoms with E-state index in [2.05, 4.69) is 30.7 Å². The van der Waals surface area contributed by atoms with Gasteiger partial charge in [0, 0.05) is 18.0 Å². The van der Waals surface area contributed by atoms with E-state index in [0.717, 1.165) is 17.2 Å². The van der Waals surface area contributed by atoms with Gasteiger partial charge in [-0.3, -0.25) is 0 Å². The van der Waals surface area contributed by atoms with Crippen LogP contribution in [0.25, 0.3) is 22.4 Å². The van der Waals surface area contributed by atoms with Crippen molar-refractivity contribution in [3.8, 4) is 17.2 Å². The highest BCUT2D eigenvalue weighted by molar-refractivity contribution is 5.91. The zero-order valence-corrected chi connectivity index (χ0v) is 10.7. The van der Waals surface area contributed by atoms with Gasteiger partial charge >= 0.3 is 0 Å². The molecule has 0 radical (unpaired) electrons. The molecule has 0 unspecified atom stereocenters. The van der Waals surface area contributed by atoms with Gasteiger partial charge in [-0.25, -0.2) is 0 Å². The Morgan fingerprint density at radius 2 is 2.06 bits per heavy atom. The molecule has 1 aromatic carbocycles. The highest BCUT2D eigenvalue weighted by atomic mass is 16.5. The van der Waals surface area contributed by atoms with Crippen molar-refractivity contribution in [2.45, 2.75) is 6.92 Å². The lowest BCUT2D eigenvalue weighted by atomic mass is 10.1. The molecule has 0 spiro atoms. The smallest absolute Gasteiger partial charge is 0.150 e. The fourth-order valence-corrected chi connectivity index (χ4v) is 2.50. The summed E-state index contributed by atoms with van der Waals surface area (Å²) in [4.78, 5) is 0. The number of nitrogens with zero attached hydrogens (tertiary/aromatic N) is 1. The second-order valence-electron chi connectivity index (χ2n) is 4.39. The molecule has 0 bridgehead atoms. The molecule has 0 saturated heterocycles. The van der Waals surface area contributed by atoms with Crippen LogP contribution in [0.3, 0.4) is 0 Å². The maximum atomic E-state index is 5.52. The predicted octanol–water partition coefficient (Wildman–Crippen LogP) is 3.76. The molecule has 3 rings (SSSR count). The molecule has 2 aromatic heterocycles. The zero-order chi connectivity index (χ0) is 12.7. The number of benzene rings is 1. The van der Waals surface area contributed by atoms with Crippen LogP contribution >= 0.6 is 0 Å². The van der Waals surface area contributed by atoms with Gasteiger partial charge in [0.25, 0.3) is 0 Å². The van der Waals surface area contributed by atoms with Crippen molar-refractivity contribution in [3.63, 3.8) is 0 Å². The lowest BCUT2D eigenvalue weighted by molar-refractivity contribution is 0.415. The number of rotatable bonds is 2. The van der Waals surface area contributed by atoms with Crippen molar-refractivity contribution in [2.75, 3.05) is 7.11 Å². The Bertz CT molecular complexity index is 693. The van der Waals surface area contributed by atoms with E-state index in [4.69, 9.17) is 9.15 Å². The average molecular weight is 241 g/mol. The van der Waals surface area contributed by atoms with Crippen LogP contribution in [0.2, 0.25) is 0 Å². The molecule has 3 nitrogen and oxygen atoms in total. The number of furan rings is 1. The summed E-state index contributed by atoms with van der Waals surface area (Å²) >= 11 is 0. The minimum Gasteiger partial charge on any atom is -0.497 e. The summed E-state index contributed by atoms with van der Waals surface area (Å²) < 4.78 is 13.0. The molecule has 0 atom stereocenters. The van der Waals surface area contributed by atoms with Gasteiger partial charge in [0.15, 0.2) is 5.76 Å². The number of ether oxygens (including phenoxy) is 1. The Kier molecular flexibility index (Phi) is 2.40. The molecule has 0 amide bonds. The summed E-state index contributed by atoms with van der Waals surface area (Å²) in [6.45, 7) is 2.11. The van der Waals surface area contributed by atoms with Crippen molar-refractivity contribution >= 4 is 10.9 Å². The Balaban J connectivity index is 2.34. The zero-order valence-electron chi connectivity index (χ0n) is 10.7. The van der Waals surface area contributed by atoms with E-state index in [1.807, 2.05) is 18.2 Å². The van der Waals surface area contributed by atoms with Crippen LogP contribution in [-0.4, -0.2) is 11.7 Å². The first kappa shape index (κ1) is 11.0. The highest BCUT2D eigenvalue weighted by Gasteiger charge is 2.15. The van der Waals surface area contributed by atoms with Crippen LogP contribution in [-0.2, 0) is 7.05 Å². The predicted molar refractivity (Wildman–Crippen MR) is 71.9 cm³/mol. The third-order valence-corrected chi connectivity index (χ3v) is 3.41. The van der Waals surface area contributed by atoms with Gasteiger partial charge in [-0.1, -0.05) is 0 Å². The van der Waals surface area contributed by atoms with E-state index >= 15 is 0 Å². The van der Waals surface area contributed by atoms with E-state index in [1.54, 1.807) is 13.4 Å². The summed E-state index contributed by atoms with van der Waals surface area (Å²) in [7, 11) is 3.74. The minimum atomic E-state index is 0.877. The Hall–Kier alpha value is -2.16. The van der Waals surface area contributed by atoms with Gasteiger partial charge in [-0.2, -0.15) is 0 Å². The molecule has 0 saturated carbocycles. The van der Waals surface area contributed by atoms with Crippen molar-refractivity contribution in [1.29, 1.82) is 0 Å². The van der Waals surface area contributed by atoms with Crippen LogP contribution in [0.15, 0.2) is 41.0 Å².